The van der Waals surface area contributed by atoms with Crippen molar-refractivity contribution >= 4 is 38.9 Å². The molecule has 2 aromatic rings. The van der Waals surface area contributed by atoms with Gasteiger partial charge in [0.15, 0.2) is 0 Å². The molecule has 0 aliphatic rings. The number of ether oxygens (including phenoxy) is 1. The summed E-state index contributed by atoms with van der Waals surface area (Å²) in [6, 6.07) is 2.73. The van der Waals surface area contributed by atoms with Crippen molar-refractivity contribution in [1.82, 2.24) is 10.3 Å². The van der Waals surface area contributed by atoms with Crippen LogP contribution in [0.15, 0.2) is 22.0 Å². The zero-order valence-electron chi connectivity index (χ0n) is 10.0. The summed E-state index contributed by atoms with van der Waals surface area (Å²) in [5.41, 5.74) is 0.817. The van der Waals surface area contributed by atoms with E-state index < -0.39 is 5.82 Å². The summed E-state index contributed by atoms with van der Waals surface area (Å²) in [6.07, 6.45) is 0. The highest BCUT2D eigenvalue weighted by Gasteiger charge is 2.09. The second kappa shape index (κ2) is 6.65. The average Bonchev–Trinajstić information content (AvgIpc) is 2.80. The van der Waals surface area contributed by atoms with Crippen LogP contribution in [0.4, 0.5) is 4.39 Å². The van der Waals surface area contributed by atoms with Gasteiger partial charge in [-0.3, -0.25) is 0 Å². The Morgan fingerprint density at radius 2 is 2.32 bits per heavy atom. The first-order valence-electron chi connectivity index (χ1n) is 5.45. The first kappa shape index (κ1) is 14.7. The predicted molar refractivity (Wildman–Crippen MR) is 78.3 cm³/mol. The number of hydrogen-bond acceptors (Lipinski definition) is 4. The molecule has 0 saturated heterocycles. The molecule has 2 rings (SSSR count). The zero-order valence-corrected chi connectivity index (χ0v) is 13.2. The van der Waals surface area contributed by atoms with Crippen LogP contribution in [0.25, 0.3) is 0 Å². The minimum Gasteiger partial charge on any atom is -0.486 e. The molecule has 1 heterocycles. The van der Waals surface area contributed by atoms with E-state index in [1.54, 1.807) is 11.3 Å². The van der Waals surface area contributed by atoms with Gasteiger partial charge in [0.2, 0.25) is 0 Å². The van der Waals surface area contributed by atoms with Crippen molar-refractivity contribution in [2.24, 2.45) is 0 Å². The van der Waals surface area contributed by atoms with Crippen LogP contribution in [0.1, 0.15) is 10.7 Å². The van der Waals surface area contributed by atoms with E-state index in [1.165, 1.54) is 12.1 Å². The fraction of sp³-hybridized carbons (Fsp3) is 0.250. The Kier molecular flexibility index (Phi) is 5.15. The van der Waals surface area contributed by atoms with Gasteiger partial charge < -0.3 is 10.1 Å². The van der Waals surface area contributed by atoms with Gasteiger partial charge in [0.05, 0.1) is 15.2 Å². The number of aromatic nitrogens is 1. The third-order valence-electron chi connectivity index (χ3n) is 2.28. The van der Waals surface area contributed by atoms with Gasteiger partial charge in [-0.2, -0.15) is 0 Å². The Labute approximate surface area is 127 Å². The topological polar surface area (TPSA) is 34.2 Å². The smallest absolute Gasteiger partial charge is 0.145 e. The SMILES string of the molecule is CNCc1nc(COc2cc(F)c(Cl)cc2Br)cs1. The molecular formula is C12H11BrClFN2OS. The molecule has 0 amide bonds. The maximum absolute atomic E-state index is 13.3. The Morgan fingerprint density at radius 1 is 1.53 bits per heavy atom. The van der Waals surface area contributed by atoms with Crippen molar-refractivity contribution in [3.8, 4) is 5.75 Å². The van der Waals surface area contributed by atoms with Crippen LogP contribution in [-0.2, 0) is 13.2 Å². The normalized spacial score (nSPS) is 10.7. The molecule has 0 saturated carbocycles. The number of thiazole rings is 1. The lowest BCUT2D eigenvalue weighted by Gasteiger charge is -2.07. The van der Waals surface area contributed by atoms with Gasteiger partial charge in [-0.05, 0) is 29.0 Å². The van der Waals surface area contributed by atoms with Crippen molar-refractivity contribution in [1.29, 1.82) is 0 Å². The van der Waals surface area contributed by atoms with Crippen LogP contribution in [-0.4, -0.2) is 12.0 Å². The van der Waals surface area contributed by atoms with Crippen molar-refractivity contribution in [3.63, 3.8) is 0 Å². The Bertz CT molecular complexity index is 579. The summed E-state index contributed by atoms with van der Waals surface area (Å²) < 4.78 is 19.5. The first-order chi connectivity index (χ1) is 9.10. The molecule has 0 fully saturated rings. The fourth-order valence-corrected chi connectivity index (χ4v) is 2.96. The molecular weight excluding hydrogens is 355 g/mol. The second-order valence-corrected chi connectivity index (χ2v) is 5.95. The highest BCUT2D eigenvalue weighted by molar-refractivity contribution is 9.10. The molecule has 0 radical (unpaired) electrons. The first-order valence-corrected chi connectivity index (χ1v) is 7.50. The number of rotatable bonds is 5. The van der Waals surface area contributed by atoms with Crippen molar-refractivity contribution in [2.75, 3.05) is 7.05 Å². The van der Waals surface area contributed by atoms with E-state index in [0.29, 0.717) is 16.8 Å². The summed E-state index contributed by atoms with van der Waals surface area (Å²) in [5.74, 6) is -0.0981. The lowest BCUT2D eigenvalue weighted by molar-refractivity contribution is 0.298. The second-order valence-electron chi connectivity index (χ2n) is 3.75. The minimum absolute atomic E-state index is 0.0594. The van der Waals surface area contributed by atoms with Crippen molar-refractivity contribution in [2.45, 2.75) is 13.2 Å². The summed E-state index contributed by atoms with van der Waals surface area (Å²) in [4.78, 5) is 4.38. The van der Waals surface area contributed by atoms with Crippen LogP contribution in [0.5, 0.6) is 5.75 Å². The number of nitrogens with one attached hydrogen (secondary N) is 1. The summed E-state index contributed by atoms with van der Waals surface area (Å²) in [5, 5.41) is 6.00. The summed E-state index contributed by atoms with van der Waals surface area (Å²) >= 11 is 10.5. The predicted octanol–water partition coefficient (Wildman–Crippen LogP) is 4.00. The van der Waals surface area contributed by atoms with Crippen LogP contribution in [0.2, 0.25) is 5.02 Å². The van der Waals surface area contributed by atoms with Gasteiger partial charge in [-0.25, -0.2) is 9.37 Å². The van der Waals surface area contributed by atoms with E-state index in [0.717, 1.165) is 17.2 Å². The van der Waals surface area contributed by atoms with E-state index in [9.17, 15) is 4.39 Å². The van der Waals surface area contributed by atoms with Crippen molar-refractivity contribution in [3.05, 3.63) is 43.5 Å². The van der Waals surface area contributed by atoms with Gasteiger partial charge in [0, 0.05) is 18.0 Å². The standard InChI is InChI=1S/C12H11BrClFN2OS/c1-16-4-12-17-7(6-19-12)5-18-11-3-10(15)9(14)2-8(11)13/h2-3,6,16H,4-5H2,1H3. The molecule has 7 heteroatoms. The van der Waals surface area contributed by atoms with Gasteiger partial charge in [-0.15, -0.1) is 11.3 Å². The third kappa shape index (κ3) is 3.89. The van der Waals surface area contributed by atoms with E-state index in [1.807, 2.05) is 12.4 Å². The van der Waals surface area contributed by atoms with Gasteiger partial charge in [0.25, 0.3) is 0 Å². The number of hydrogen-bond donors (Lipinski definition) is 1. The van der Waals surface area contributed by atoms with E-state index in [2.05, 4.69) is 26.2 Å². The lowest BCUT2D eigenvalue weighted by atomic mass is 10.3. The highest BCUT2D eigenvalue weighted by Crippen LogP contribution is 2.31. The molecule has 0 aliphatic carbocycles. The number of benzene rings is 1. The number of nitrogens with zero attached hydrogens (tertiary/aromatic N) is 1. The molecule has 0 unspecified atom stereocenters. The quantitative estimate of drug-likeness (QED) is 0.813. The van der Waals surface area contributed by atoms with Crippen LogP contribution < -0.4 is 10.1 Å². The summed E-state index contributed by atoms with van der Waals surface area (Å²) in [6.45, 7) is 1.02. The zero-order chi connectivity index (χ0) is 13.8. The number of halogens is 3. The molecule has 0 spiro atoms. The minimum atomic E-state index is -0.506. The van der Waals surface area contributed by atoms with Crippen LogP contribution in [0.3, 0.4) is 0 Å². The van der Waals surface area contributed by atoms with Gasteiger partial charge in [-0.1, -0.05) is 11.6 Å². The fourth-order valence-electron chi connectivity index (χ4n) is 1.41. The van der Waals surface area contributed by atoms with Gasteiger partial charge in [0.1, 0.15) is 23.2 Å². The Morgan fingerprint density at radius 3 is 3.05 bits per heavy atom. The Hall–Kier alpha value is -0.690. The van der Waals surface area contributed by atoms with E-state index in [-0.39, 0.29) is 5.02 Å². The average molecular weight is 366 g/mol. The molecule has 102 valence electrons. The molecule has 1 aromatic carbocycles. The largest absolute Gasteiger partial charge is 0.486 e. The summed E-state index contributed by atoms with van der Waals surface area (Å²) in [7, 11) is 1.87. The van der Waals surface area contributed by atoms with Crippen LogP contribution >= 0.6 is 38.9 Å². The lowest BCUT2D eigenvalue weighted by Crippen LogP contribution is -2.05. The maximum atomic E-state index is 13.3. The molecule has 0 bridgehead atoms. The maximum Gasteiger partial charge on any atom is 0.145 e. The Balaban J connectivity index is 2.03. The monoisotopic (exact) mass is 364 g/mol. The highest BCUT2D eigenvalue weighted by atomic mass is 79.9. The molecule has 0 aliphatic heterocycles. The molecule has 0 atom stereocenters. The van der Waals surface area contributed by atoms with Crippen LogP contribution in [0, 0.1) is 5.82 Å². The molecule has 1 N–H and O–H groups in total. The van der Waals surface area contributed by atoms with Gasteiger partial charge >= 0.3 is 0 Å². The molecule has 1 aromatic heterocycles. The van der Waals surface area contributed by atoms with E-state index >= 15 is 0 Å². The van der Waals surface area contributed by atoms with Crippen molar-refractivity contribution < 1.29 is 9.13 Å². The molecule has 19 heavy (non-hydrogen) atoms. The van der Waals surface area contributed by atoms with E-state index in [4.69, 9.17) is 16.3 Å². The third-order valence-corrected chi connectivity index (χ3v) is 4.08. The molecule has 3 nitrogen and oxygen atoms in total.